The van der Waals surface area contributed by atoms with Crippen molar-refractivity contribution in [2.75, 3.05) is 32.8 Å². The number of rotatable bonds is 8. The first-order chi connectivity index (χ1) is 18.6. The molecule has 0 unspecified atom stereocenters. The van der Waals surface area contributed by atoms with E-state index in [-0.39, 0.29) is 30.6 Å². The maximum Gasteiger partial charge on any atom is 0.251 e. The molecular weight excluding hydrogens is 480 g/mol. The molecule has 0 aromatic heterocycles. The van der Waals surface area contributed by atoms with E-state index in [4.69, 9.17) is 14.2 Å². The molecule has 38 heavy (non-hydrogen) atoms. The molecule has 2 fully saturated rings. The standard InChI is InChI=1S/C31H36N2O5/c1-22-28(20-33-15-17-36-18-16-33)37-31(38-29(22)25-11-9-24(21-34)10-12-25)27-13-7-23(8-14-27)19-32-30(35)26-5-3-2-4-6-26/h2-14,22,28-29,31,34H,15-21H2,1H3,(H,32,35)/t22-,28+,29+,31+/m0/s1. The molecule has 5 rings (SSSR count). The van der Waals surface area contributed by atoms with Crippen LogP contribution in [0.3, 0.4) is 0 Å². The number of morpholine rings is 1. The Morgan fingerprint density at radius 3 is 2.24 bits per heavy atom. The second-order valence-electron chi connectivity index (χ2n) is 10.0. The molecule has 3 aromatic rings. The van der Waals surface area contributed by atoms with E-state index in [0.717, 1.165) is 55.1 Å². The fraction of sp³-hybridized carbons (Fsp3) is 0.387. The highest BCUT2D eigenvalue weighted by molar-refractivity contribution is 5.94. The molecule has 3 aromatic carbocycles. The molecule has 0 bridgehead atoms. The van der Waals surface area contributed by atoms with Crippen LogP contribution in [-0.4, -0.2) is 54.9 Å². The van der Waals surface area contributed by atoms with Crippen molar-refractivity contribution in [3.8, 4) is 0 Å². The fourth-order valence-electron chi connectivity index (χ4n) is 5.03. The van der Waals surface area contributed by atoms with Crippen molar-refractivity contribution in [1.82, 2.24) is 10.2 Å². The number of amides is 1. The summed E-state index contributed by atoms with van der Waals surface area (Å²) >= 11 is 0. The number of aliphatic hydroxyl groups excluding tert-OH is 1. The van der Waals surface area contributed by atoms with E-state index in [1.54, 1.807) is 12.1 Å². The number of hydrogen-bond acceptors (Lipinski definition) is 6. The normalized spacial score (nSPS) is 24.2. The van der Waals surface area contributed by atoms with E-state index in [2.05, 4.69) is 17.1 Å². The van der Waals surface area contributed by atoms with E-state index >= 15 is 0 Å². The van der Waals surface area contributed by atoms with Gasteiger partial charge in [-0.3, -0.25) is 9.69 Å². The number of benzene rings is 3. The highest BCUT2D eigenvalue weighted by Gasteiger charge is 2.39. The van der Waals surface area contributed by atoms with Gasteiger partial charge in [-0.15, -0.1) is 0 Å². The summed E-state index contributed by atoms with van der Waals surface area (Å²) in [6.45, 7) is 6.75. The summed E-state index contributed by atoms with van der Waals surface area (Å²) in [6.07, 6.45) is -0.663. The molecule has 4 atom stereocenters. The Morgan fingerprint density at radius 2 is 1.55 bits per heavy atom. The van der Waals surface area contributed by atoms with Gasteiger partial charge < -0.3 is 24.6 Å². The lowest BCUT2D eigenvalue weighted by molar-refractivity contribution is -0.277. The molecule has 2 aliphatic rings. The Labute approximate surface area is 224 Å². The molecule has 7 heteroatoms. The van der Waals surface area contributed by atoms with Crippen molar-refractivity contribution < 1.29 is 24.1 Å². The average molecular weight is 517 g/mol. The van der Waals surface area contributed by atoms with Gasteiger partial charge in [-0.1, -0.05) is 73.7 Å². The first kappa shape index (κ1) is 26.5. The summed E-state index contributed by atoms with van der Waals surface area (Å²) in [7, 11) is 0. The van der Waals surface area contributed by atoms with E-state index in [9.17, 15) is 9.90 Å². The SMILES string of the molecule is C[C@H]1[C@@H](CN2CCOCC2)O[C@@H](c2ccc(CNC(=O)c3ccccc3)cc2)O[C@H]1c1ccc(CO)cc1. The van der Waals surface area contributed by atoms with Crippen LogP contribution in [0.4, 0.5) is 0 Å². The number of nitrogens with zero attached hydrogens (tertiary/aromatic N) is 1. The summed E-state index contributed by atoms with van der Waals surface area (Å²) in [5.41, 5.74) is 4.55. The van der Waals surface area contributed by atoms with Crippen molar-refractivity contribution in [2.24, 2.45) is 5.92 Å². The average Bonchev–Trinajstić information content (AvgIpc) is 2.98. The zero-order valence-electron chi connectivity index (χ0n) is 21.8. The zero-order chi connectivity index (χ0) is 26.3. The summed E-state index contributed by atoms with van der Waals surface area (Å²) in [5, 5.41) is 12.4. The van der Waals surface area contributed by atoms with Crippen LogP contribution in [0, 0.1) is 5.92 Å². The van der Waals surface area contributed by atoms with Gasteiger partial charge in [0.15, 0.2) is 6.29 Å². The molecule has 0 radical (unpaired) electrons. The summed E-state index contributed by atoms with van der Waals surface area (Å²) in [4.78, 5) is 14.8. The number of carbonyl (C=O) groups excluding carboxylic acids is 1. The predicted molar refractivity (Wildman–Crippen MR) is 144 cm³/mol. The zero-order valence-corrected chi connectivity index (χ0v) is 21.8. The van der Waals surface area contributed by atoms with Crippen LogP contribution >= 0.6 is 0 Å². The minimum absolute atomic E-state index is 0.0146. The van der Waals surface area contributed by atoms with Gasteiger partial charge in [0, 0.05) is 43.2 Å². The van der Waals surface area contributed by atoms with E-state index in [1.807, 2.05) is 66.7 Å². The molecule has 200 valence electrons. The first-order valence-electron chi connectivity index (χ1n) is 13.3. The van der Waals surface area contributed by atoms with Crippen LogP contribution in [0.1, 0.15) is 51.9 Å². The van der Waals surface area contributed by atoms with Gasteiger partial charge in [-0.25, -0.2) is 0 Å². The smallest absolute Gasteiger partial charge is 0.251 e. The number of nitrogens with one attached hydrogen (secondary N) is 1. The van der Waals surface area contributed by atoms with Crippen molar-refractivity contribution in [2.45, 2.75) is 38.6 Å². The maximum absolute atomic E-state index is 12.4. The highest BCUT2D eigenvalue weighted by atomic mass is 16.7. The minimum Gasteiger partial charge on any atom is -0.392 e. The summed E-state index contributed by atoms with van der Waals surface area (Å²) in [5.74, 6) is 0.0465. The van der Waals surface area contributed by atoms with Gasteiger partial charge in [0.1, 0.15) is 0 Å². The van der Waals surface area contributed by atoms with Gasteiger partial charge in [0.2, 0.25) is 0 Å². The first-order valence-corrected chi connectivity index (χ1v) is 13.3. The van der Waals surface area contributed by atoms with E-state index in [0.29, 0.717) is 12.1 Å². The third-order valence-corrected chi connectivity index (χ3v) is 7.41. The van der Waals surface area contributed by atoms with Crippen molar-refractivity contribution >= 4 is 5.91 Å². The molecule has 0 aliphatic carbocycles. The number of ether oxygens (including phenoxy) is 3. The molecule has 2 aliphatic heterocycles. The molecule has 0 spiro atoms. The Morgan fingerprint density at radius 1 is 0.895 bits per heavy atom. The molecule has 2 heterocycles. The monoisotopic (exact) mass is 516 g/mol. The lowest BCUT2D eigenvalue weighted by atomic mass is 9.90. The molecule has 2 saturated heterocycles. The van der Waals surface area contributed by atoms with E-state index in [1.165, 1.54) is 0 Å². The molecule has 0 saturated carbocycles. The largest absolute Gasteiger partial charge is 0.392 e. The highest BCUT2D eigenvalue weighted by Crippen LogP contribution is 2.41. The Hall–Kier alpha value is -3.07. The fourth-order valence-corrected chi connectivity index (χ4v) is 5.03. The number of carbonyl (C=O) groups is 1. The van der Waals surface area contributed by atoms with Crippen LogP contribution < -0.4 is 5.32 Å². The second kappa shape index (κ2) is 12.7. The van der Waals surface area contributed by atoms with Gasteiger partial charge in [-0.05, 0) is 28.8 Å². The molecule has 2 N–H and O–H groups in total. The van der Waals surface area contributed by atoms with Crippen molar-refractivity contribution in [1.29, 1.82) is 0 Å². The minimum atomic E-state index is -0.507. The van der Waals surface area contributed by atoms with Gasteiger partial charge in [-0.2, -0.15) is 0 Å². The van der Waals surface area contributed by atoms with Gasteiger partial charge >= 0.3 is 0 Å². The third-order valence-electron chi connectivity index (χ3n) is 7.41. The van der Waals surface area contributed by atoms with Gasteiger partial charge in [0.25, 0.3) is 5.91 Å². The number of hydrogen-bond donors (Lipinski definition) is 2. The van der Waals surface area contributed by atoms with Gasteiger partial charge in [0.05, 0.1) is 32.0 Å². The topological polar surface area (TPSA) is 80.3 Å². The maximum atomic E-state index is 12.4. The van der Waals surface area contributed by atoms with Crippen LogP contribution in [0.25, 0.3) is 0 Å². The van der Waals surface area contributed by atoms with Crippen LogP contribution in [-0.2, 0) is 27.4 Å². The third kappa shape index (κ3) is 6.49. The predicted octanol–water partition coefficient (Wildman–Crippen LogP) is 4.23. The van der Waals surface area contributed by atoms with E-state index < -0.39 is 6.29 Å². The quantitative estimate of drug-likeness (QED) is 0.467. The lowest BCUT2D eigenvalue weighted by Crippen LogP contribution is -2.47. The van der Waals surface area contributed by atoms with Crippen molar-refractivity contribution in [3.63, 3.8) is 0 Å². The number of aliphatic hydroxyl groups is 1. The summed E-state index contributed by atoms with van der Waals surface area (Å²) in [6, 6.07) is 25.2. The second-order valence-corrected chi connectivity index (χ2v) is 10.0. The van der Waals surface area contributed by atoms with Crippen LogP contribution in [0.5, 0.6) is 0 Å². The lowest BCUT2D eigenvalue weighted by Gasteiger charge is -2.43. The molecule has 1 amide bonds. The Kier molecular flexibility index (Phi) is 8.83. The summed E-state index contributed by atoms with van der Waals surface area (Å²) < 4.78 is 18.7. The van der Waals surface area contributed by atoms with Crippen LogP contribution in [0.15, 0.2) is 78.9 Å². The molecule has 7 nitrogen and oxygen atoms in total. The molecular formula is C31H36N2O5. The Balaban J connectivity index is 1.30. The Bertz CT molecular complexity index is 1160. The van der Waals surface area contributed by atoms with Crippen molar-refractivity contribution in [3.05, 3.63) is 107 Å². The van der Waals surface area contributed by atoms with Crippen LogP contribution in [0.2, 0.25) is 0 Å².